The molecule has 117 heavy (non-hydrogen) atoms. The van der Waals surface area contributed by atoms with Crippen LogP contribution in [0.3, 0.4) is 0 Å². The van der Waals surface area contributed by atoms with E-state index >= 15 is 0 Å². The van der Waals surface area contributed by atoms with Crippen molar-refractivity contribution in [3.8, 4) is 11.1 Å². The zero-order valence-corrected chi connectivity index (χ0v) is 80.8. The van der Waals surface area contributed by atoms with Crippen LogP contribution >= 0.6 is 89.6 Å². The first kappa shape index (κ1) is 102. The van der Waals surface area contributed by atoms with E-state index in [0.717, 1.165) is 101 Å². The Kier molecular flexibility index (Phi) is 39.9. The largest absolute Gasteiger partial charge is 0.480 e. The number of ketones is 3. The predicted octanol–water partition coefficient (Wildman–Crippen LogP) is 14.1. The van der Waals surface area contributed by atoms with Gasteiger partial charge in [0.25, 0.3) is 0 Å². The molecule has 0 radical (unpaired) electrons. The van der Waals surface area contributed by atoms with Crippen LogP contribution in [0.4, 0.5) is 21.2 Å². The molecule has 0 unspecified atom stereocenters. The van der Waals surface area contributed by atoms with E-state index in [1.165, 1.54) is 36.0 Å². The number of amides is 4. The number of pyridine rings is 4. The first-order valence-electron chi connectivity index (χ1n) is 36.2. The number of nitrogens with two attached hydrogens (primary N) is 1. The van der Waals surface area contributed by atoms with E-state index < -0.39 is 35.3 Å². The lowest BCUT2D eigenvalue weighted by Crippen LogP contribution is -2.47. The summed E-state index contributed by atoms with van der Waals surface area (Å²) in [7, 11) is 3.26. The van der Waals surface area contributed by atoms with Gasteiger partial charge in [0.1, 0.15) is 71.4 Å². The van der Waals surface area contributed by atoms with Gasteiger partial charge in [-0.15, -0.1) is 12.4 Å². The predicted molar refractivity (Wildman–Crippen MR) is 498 cm³/mol. The molecular weight excluding hydrogens is 1970 g/mol. The molecule has 4 saturated heterocycles. The fraction of sp³-hybridized carbons (Fsp3) is 0.494. The number of nitrogens with one attached hydrogen (secondary N) is 2. The number of piperidine rings is 4. The Morgan fingerprint density at radius 3 is 1.50 bits per heavy atom. The number of ether oxygens (including phenoxy) is 2. The molecule has 5 N–H and O–H groups in total. The molecule has 4 aliphatic carbocycles. The third-order valence-corrected chi connectivity index (χ3v) is 24.0. The highest BCUT2D eigenvalue weighted by atomic mass is 79.9. The Balaban J connectivity index is 0.000000270. The van der Waals surface area contributed by atoms with Crippen molar-refractivity contribution in [3.63, 3.8) is 0 Å². The molecule has 4 amide bonds. The van der Waals surface area contributed by atoms with E-state index in [4.69, 9.17) is 20.3 Å². The normalized spacial score (nSPS) is 21.6. The standard InChI is InChI=1S/C28H26BrN7O3.C18H23BrN2O3.C13H15BrN2O.C11H17NO4.C6H7BrN2.CH4.ClH.S4.S3.S2.H2S/c1-14-4-7-24(29)32-27(14)33-28(39)23-10-18-9-22(18)36(23)25(38)13-35-21-6-5-17(19-11-30-16(3)31-12-19)8-20(21)26(34-35)15(2)37;1-10-5-6-16(19)20-12(10)9-15(22)14-8-11-7-13(11)21(14)17(23)24-18(2,3)4;1-7-2-3-13(14)16-9(7)6-12(17)11-5-8-4-10(8)15-11;1-11(2,3)16-10(15)12-7-4-6(7)5-8(12)9(13)14;1-4-2-3-5(7)9-6(4)8;;;1-3-4-2;1-3-2;1-2;/h4-8,11-12,18,22-23H,9-10,13H2,1-3H3,(H,32,33,39);5-6,11,13-14H,7-9H2,1-4H3;2-3,8,10-11,15H,4-6H2,1H3;6-8H,4-5H2,1-3H3,(H,13,14);2-3H,1H3,(H2,8,9);1H4;1H;;;;1H2/t18-,22-,23-;11-,13-,14-;8-,10-,11-;6-,7-,8-;;;;;;;/m0000......./s1. The number of carbonyl (C=O) groups excluding carboxylic acids is 7. The number of hydrogen-bond acceptors (Lipinski definition) is 25. The summed E-state index contributed by atoms with van der Waals surface area (Å²) < 4.78 is 15.2. The average molecular weight is 2070 g/mol. The van der Waals surface area contributed by atoms with Gasteiger partial charge in [-0.05, 0) is 279 Å². The van der Waals surface area contributed by atoms with Crippen molar-refractivity contribution >= 4 is 253 Å². The van der Waals surface area contributed by atoms with Crippen molar-refractivity contribution in [1.82, 2.24) is 59.7 Å². The van der Waals surface area contributed by atoms with Crippen LogP contribution in [0, 0.1) is 58.3 Å². The molecule has 10 heterocycles. The Bertz CT molecular complexity index is 4900. The summed E-state index contributed by atoms with van der Waals surface area (Å²) in [5.41, 5.74) is 12.6. The zero-order valence-electron chi connectivity index (χ0n) is 65.3. The summed E-state index contributed by atoms with van der Waals surface area (Å²) in [6.07, 6.45) is 10.3. The lowest BCUT2D eigenvalue weighted by atomic mass is 10.0. The van der Waals surface area contributed by atoms with Gasteiger partial charge in [-0.2, -0.15) is 18.6 Å². The number of fused-ring (bicyclic) bond motifs is 5. The van der Waals surface area contributed by atoms with Gasteiger partial charge in [0.2, 0.25) is 11.8 Å². The Morgan fingerprint density at radius 1 is 0.590 bits per heavy atom. The number of aromatic nitrogens is 8. The topological polar surface area (TPSA) is 330 Å². The molecule has 4 saturated carbocycles. The number of likely N-dealkylation sites (tertiary alicyclic amines) is 3. The van der Waals surface area contributed by atoms with Crippen LogP contribution in [0.2, 0.25) is 0 Å². The highest BCUT2D eigenvalue weighted by molar-refractivity contribution is 9.11. The number of carboxylic acids is 1. The molecule has 15 rings (SSSR count). The van der Waals surface area contributed by atoms with Crippen molar-refractivity contribution in [1.29, 1.82) is 0 Å². The van der Waals surface area contributed by atoms with Crippen molar-refractivity contribution in [2.24, 2.45) is 23.7 Å². The Labute approximate surface area is 767 Å². The van der Waals surface area contributed by atoms with Crippen molar-refractivity contribution in [2.75, 3.05) is 11.1 Å². The van der Waals surface area contributed by atoms with Gasteiger partial charge in [0, 0.05) is 148 Å². The molecule has 40 heteroatoms. The molecule has 4 aliphatic heterocycles. The smallest absolute Gasteiger partial charge is 0.411 e. The number of nitrogens with zero attached hydrogens (tertiary/aromatic N) is 11. The maximum Gasteiger partial charge on any atom is 0.411 e. The summed E-state index contributed by atoms with van der Waals surface area (Å²) in [4.78, 5) is 130. The minimum absolute atomic E-state index is 0. The summed E-state index contributed by atoms with van der Waals surface area (Å²) in [5.74, 6) is 2.39. The molecule has 8 aliphatic rings. The molecular formula is C77H95Br4ClN14O11S10. The molecule has 8 fully saturated rings. The van der Waals surface area contributed by atoms with Gasteiger partial charge in [0.15, 0.2) is 17.3 Å². The molecule has 6 aromatic heterocycles. The SMILES string of the molecule is C.CC(=O)c1nn(CC(=O)N2[C@H](C(=O)Nc3nc(Br)ccc3C)C[C@@H]3C[C@@H]32)c2ccc(-c3cnc(C)nc3)cc12.CC(C)(C)OC(=O)N1[C@H](C(=O)O)C[C@@H]2C[C@@H]21.Cc1ccc(Br)nc1CC(=O)[C@@H]1C[C@@H]2C[C@@H]2N1.Cc1ccc(Br)nc1CC(=O)[C@@H]1C[C@@H]2C[C@@H]2N1C(=O)OC(C)(C)C.Cc1ccc(Br)nc1N.Cl.S.S=S.S=S=S.S=S=S=S. The van der Waals surface area contributed by atoms with Crippen molar-refractivity contribution < 1.29 is 52.9 Å². The molecule has 0 bridgehead atoms. The summed E-state index contributed by atoms with van der Waals surface area (Å²) in [6.45, 7) is 21.8. The van der Waals surface area contributed by atoms with Crippen LogP contribution in [-0.4, -0.2) is 166 Å². The third-order valence-electron chi connectivity index (χ3n) is 20.0. The fourth-order valence-electron chi connectivity index (χ4n) is 14.0. The number of aryl methyl sites for hydroxylation is 5. The summed E-state index contributed by atoms with van der Waals surface area (Å²) in [5, 5.41) is 20.5. The second kappa shape index (κ2) is 45.7. The van der Waals surface area contributed by atoms with Crippen LogP contribution in [0.15, 0.2) is 97.5 Å². The van der Waals surface area contributed by atoms with Crippen molar-refractivity contribution in [2.45, 2.75) is 221 Å². The van der Waals surface area contributed by atoms with Crippen LogP contribution in [0.5, 0.6) is 0 Å². The fourth-order valence-corrected chi connectivity index (χ4v) is 15.4. The molecule has 7 aromatic rings. The van der Waals surface area contributed by atoms with Gasteiger partial charge < -0.3 is 35.8 Å². The molecule has 12 atom stereocenters. The van der Waals surface area contributed by atoms with Gasteiger partial charge in [-0.1, -0.05) is 37.8 Å². The second-order valence-corrected chi connectivity index (χ2v) is 39.2. The van der Waals surface area contributed by atoms with Gasteiger partial charge >= 0.3 is 18.2 Å². The number of rotatable bonds is 13. The van der Waals surface area contributed by atoms with Gasteiger partial charge in [-0.3, -0.25) is 38.5 Å². The maximum atomic E-state index is 13.6. The lowest BCUT2D eigenvalue weighted by molar-refractivity contribution is -0.142. The number of benzene rings is 1. The van der Waals surface area contributed by atoms with Crippen molar-refractivity contribution in [3.05, 3.63) is 143 Å². The molecule has 0 spiro atoms. The summed E-state index contributed by atoms with van der Waals surface area (Å²) in [6, 6.07) is 20.2. The van der Waals surface area contributed by atoms with Crippen LogP contribution in [-0.2, 0) is 147 Å². The lowest BCUT2D eigenvalue weighted by Gasteiger charge is -2.30. The van der Waals surface area contributed by atoms with E-state index in [0.29, 0.717) is 86.3 Å². The first-order chi connectivity index (χ1) is 53.8. The summed E-state index contributed by atoms with van der Waals surface area (Å²) >= 11 is 37.5. The number of hydrogen-bond donors (Lipinski definition) is 4. The molecule has 1 aromatic carbocycles. The monoisotopic (exact) mass is 2060 g/mol. The number of nitrogen functional groups attached to an aromatic ring is 1. The average Bonchev–Trinajstić information content (AvgIpc) is 1.59. The minimum atomic E-state index is -0.932. The number of anilines is 2. The molecule has 634 valence electrons. The zero-order chi connectivity index (χ0) is 84.1. The Morgan fingerprint density at radius 2 is 1.04 bits per heavy atom. The van der Waals surface area contributed by atoms with Crippen LogP contribution in [0.25, 0.3) is 22.0 Å². The van der Waals surface area contributed by atoms with Crippen LogP contribution in [0.1, 0.15) is 157 Å². The number of halogens is 5. The van der Waals surface area contributed by atoms with Gasteiger partial charge in [0.05, 0.1) is 41.8 Å². The van der Waals surface area contributed by atoms with E-state index in [1.807, 2.05) is 122 Å². The quantitative estimate of drug-likeness (QED) is 0.0615. The maximum absolute atomic E-state index is 13.6. The van der Waals surface area contributed by atoms with E-state index in [-0.39, 0.29) is 112 Å². The second-order valence-electron chi connectivity index (χ2n) is 30.6. The number of aliphatic carboxylic acids is 1. The number of carboxylic acid groups (broad SMARTS) is 1. The van der Waals surface area contributed by atoms with Crippen LogP contribution < -0.4 is 16.4 Å². The van der Waals surface area contributed by atoms with Gasteiger partial charge in [-0.25, -0.2) is 44.3 Å². The number of carbonyl (C=O) groups is 8. The highest BCUT2D eigenvalue weighted by Gasteiger charge is 2.59. The van der Waals surface area contributed by atoms with E-state index in [1.54, 1.807) is 47.6 Å². The highest BCUT2D eigenvalue weighted by Crippen LogP contribution is 2.51. The third kappa shape index (κ3) is 28.9. The molecule has 25 nitrogen and oxygen atoms in total. The van der Waals surface area contributed by atoms with E-state index in [9.17, 15) is 38.4 Å². The number of Topliss-reactive ketones (excluding diaryl/α,β-unsaturated/α-hetero) is 3. The van der Waals surface area contributed by atoms with E-state index in [2.05, 4.69) is 176 Å². The Hall–Kier alpha value is -5.37. The minimum Gasteiger partial charge on any atom is -0.480 e. The first-order valence-corrected chi connectivity index (χ1v) is 47.4.